The van der Waals surface area contributed by atoms with Crippen LogP contribution in [-0.2, 0) is 5.75 Å². The van der Waals surface area contributed by atoms with Crippen LogP contribution < -0.4 is 11.3 Å². The van der Waals surface area contributed by atoms with E-state index in [9.17, 15) is 14.7 Å². The van der Waals surface area contributed by atoms with Crippen molar-refractivity contribution < 1.29 is 9.90 Å². The standard InChI is InChI=1S/C16H14N2O3S2/c1-8-4-2-3-5-9(8)7-22-16-12(15(17)21)13-14(23-16)10(19)6-11(20)18-13/h2-6H,7H2,1H3,(H2,17,21)(H2,18,19,20). The van der Waals surface area contributed by atoms with E-state index in [0.717, 1.165) is 17.2 Å². The Morgan fingerprint density at radius 2 is 2.13 bits per heavy atom. The van der Waals surface area contributed by atoms with Crippen LogP contribution in [0.25, 0.3) is 10.2 Å². The predicted molar refractivity (Wildman–Crippen MR) is 93.4 cm³/mol. The molecule has 23 heavy (non-hydrogen) atoms. The van der Waals surface area contributed by atoms with Crippen molar-refractivity contribution in [1.82, 2.24) is 4.98 Å². The maximum absolute atomic E-state index is 11.8. The summed E-state index contributed by atoms with van der Waals surface area (Å²) in [6.07, 6.45) is 0. The van der Waals surface area contributed by atoms with Gasteiger partial charge in [-0.2, -0.15) is 0 Å². The Hall–Kier alpha value is -2.25. The number of thiophene rings is 1. The third kappa shape index (κ3) is 2.97. The van der Waals surface area contributed by atoms with E-state index in [-0.39, 0.29) is 11.3 Å². The van der Waals surface area contributed by atoms with Crippen molar-refractivity contribution in [3.8, 4) is 5.75 Å². The van der Waals surface area contributed by atoms with Gasteiger partial charge in [0.2, 0.25) is 0 Å². The summed E-state index contributed by atoms with van der Waals surface area (Å²) in [5.41, 5.74) is 7.89. The van der Waals surface area contributed by atoms with Crippen molar-refractivity contribution in [3.05, 3.63) is 57.4 Å². The number of aryl methyl sites for hydroxylation is 1. The predicted octanol–water partition coefficient (Wildman–Crippen LogP) is 2.99. The quantitative estimate of drug-likeness (QED) is 0.633. The number of thioether (sulfide) groups is 1. The fourth-order valence-corrected chi connectivity index (χ4v) is 4.83. The molecule has 5 nitrogen and oxygen atoms in total. The van der Waals surface area contributed by atoms with Gasteiger partial charge in [-0.3, -0.25) is 9.59 Å². The number of aromatic hydroxyl groups is 1. The van der Waals surface area contributed by atoms with Crippen LogP contribution in [0.2, 0.25) is 0 Å². The summed E-state index contributed by atoms with van der Waals surface area (Å²) in [4.78, 5) is 25.9. The maximum atomic E-state index is 11.8. The van der Waals surface area contributed by atoms with Gasteiger partial charge < -0.3 is 15.8 Å². The Bertz CT molecular complexity index is 960. The van der Waals surface area contributed by atoms with Gasteiger partial charge in [-0.15, -0.1) is 23.1 Å². The highest BCUT2D eigenvalue weighted by Crippen LogP contribution is 2.41. The maximum Gasteiger partial charge on any atom is 0.252 e. The van der Waals surface area contributed by atoms with E-state index in [1.807, 2.05) is 31.2 Å². The second-order valence-electron chi connectivity index (χ2n) is 5.07. The molecule has 0 aliphatic carbocycles. The van der Waals surface area contributed by atoms with Gasteiger partial charge in [0, 0.05) is 11.8 Å². The lowest BCUT2D eigenvalue weighted by Gasteiger charge is -2.05. The molecule has 3 rings (SSSR count). The third-order valence-electron chi connectivity index (χ3n) is 3.49. The molecule has 2 heterocycles. The third-order valence-corrected chi connectivity index (χ3v) is 6.02. The fourth-order valence-electron chi connectivity index (χ4n) is 2.30. The number of primary amides is 1. The van der Waals surface area contributed by atoms with Crippen LogP contribution in [0.15, 0.2) is 39.3 Å². The number of amides is 1. The molecule has 0 aliphatic heterocycles. The van der Waals surface area contributed by atoms with Gasteiger partial charge in [-0.05, 0) is 18.1 Å². The van der Waals surface area contributed by atoms with Crippen molar-refractivity contribution in [2.75, 3.05) is 0 Å². The van der Waals surface area contributed by atoms with Gasteiger partial charge >= 0.3 is 0 Å². The Balaban J connectivity index is 2.05. The molecule has 7 heteroatoms. The normalized spacial score (nSPS) is 11.0. The number of pyridine rings is 1. The van der Waals surface area contributed by atoms with Crippen LogP contribution in [0, 0.1) is 6.92 Å². The molecule has 0 radical (unpaired) electrons. The van der Waals surface area contributed by atoms with Crippen LogP contribution in [-0.4, -0.2) is 16.0 Å². The molecule has 118 valence electrons. The number of hydrogen-bond acceptors (Lipinski definition) is 5. The number of nitrogens with one attached hydrogen (secondary N) is 1. The first-order valence-corrected chi connectivity index (χ1v) is 8.63. The van der Waals surface area contributed by atoms with Gasteiger partial charge in [-0.1, -0.05) is 24.3 Å². The van der Waals surface area contributed by atoms with E-state index in [4.69, 9.17) is 5.73 Å². The van der Waals surface area contributed by atoms with Gasteiger partial charge in [0.25, 0.3) is 11.5 Å². The summed E-state index contributed by atoms with van der Waals surface area (Å²) >= 11 is 2.72. The zero-order valence-corrected chi connectivity index (χ0v) is 13.9. The molecule has 0 fully saturated rings. The van der Waals surface area contributed by atoms with Crippen LogP contribution >= 0.6 is 23.1 Å². The molecular formula is C16H14N2O3S2. The minimum atomic E-state index is -0.621. The minimum absolute atomic E-state index is 0.140. The van der Waals surface area contributed by atoms with Crippen molar-refractivity contribution in [2.45, 2.75) is 16.9 Å². The molecule has 1 aromatic carbocycles. The van der Waals surface area contributed by atoms with E-state index >= 15 is 0 Å². The van der Waals surface area contributed by atoms with Crippen LogP contribution in [0.3, 0.4) is 0 Å². The number of carbonyl (C=O) groups is 1. The number of hydrogen-bond donors (Lipinski definition) is 3. The van der Waals surface area contributed by atoms with Crippen molar-refractivity contribution in [1.29, 1.82) is 0 Å². The Morgan fingerprint density at radius 1 is 1.39 bits per heavy atom. The highest BCUT2D eigenvalue weighted by atomic mass is 32.2. The molecular weight excluding hydrogens is 332 g/mol. The summed E-state index contributed by atoms with van der Waals surface area (Å²) in [6.45, 7) is 2.03. The first-order chi connectivity index (χ1) is 11.0. The lowest BCUT2D eigenvalue weighted by molar-refractivity contribution is 0.0999. The molecule has 0 saturated carbocycles. The molecule has 4 N–H and O–H groups in total. The van der Waals surface area contributed by atoms with Gasteiger partial charge in [-0.25, -0.2) is 0 Å². The summed E-state index contributed by atoms with van der Waals surface area (Å²) in [5, 5.41) is 9.93. The fraction of sp³-hybridized carbons (Fsp3) is 0.125. The Kier molecular flexibility index (Phi) is 4.14. The summed E-state index contributed by atoms with van der Waals surface area (Å²) in [6, 6.07) is 9.09. The Labute approximate surface area is 140 Å². The van der Waals surface area contributed by atoms with E-state index in [2.05, 4.69) is 4.98 Å². The number of aromatic amines is 1. The molecule has 0 bridgehead atoms. The smallest absolute Gasteiger partial charge is 0.252 e. The number of rotatable bonds is 4. The molecule has 1 amide bonds. The van der Waals surface area contributed by atoms with Crippen LogP contribution in [0.4, 0.5) is 0 Å². The average molecular weight is 346 g/mol. The van der Waals surface area contributed by atoms with Crippen LogP contribution in [0.5, 0.6) is 5.75 Å². The highest BCUT2D eigenvalue weighted by Gasteiger charge is 2.20. The van der Waals surface area contributed by atoms with E-state index in [1.165, 1.54) is 23.1 Å². The van der Waals surface area contributed by atoms with Crippen molar-refractivity contribution in [3.63, 3.8) is 0 Å². The van der Waals surface area contributed by atoms with Crippen molar-refractivity contribution >= 4 is 39.2 Å². The first kappa shape index (κ1) is 15.6. The topological polar surface area (TPSA) is 96.2 Å². The second kappa shape index (κ2) is 6.10. The number of nitrogens with two attached hydrogens (primary N) is 1. The Morgan fingerprint density at radius 3 is 2.83 bits per heavy atom. The first-order valence-electron chi connectivity index (χ1n) is 6.83. The zero-order chi connectivity index (χ0) is 16.6. The minimum Gasteiger partial charge on any atom is -0.506 e. The summed E-state index contributed by atoms with van der Waals surface area (Å²) in [7, 11) is 0. The number of aromatic nitrogens is 1. The van der Waals surface area contributed by atoms with Gasteiger partial charge in [0.15, 0.2) is 0 Å². The molecule has 3 aromatic rings. The van der Waals surface area contributed by atoms with E-state index < -0.39 is 11.5 Å². The molecule has 0 aliphatic rings. The number of benzene rings is 1. The molecule has 0 atom stereocenters. The van der Waals surface area contributed by atoms with Crippen molar-refractivity contribution in [2.24, 2.45) is 5.73 Å². The number of carbonyl (C=O) groups excluding carboxylic acids is 1. The molecule has 2 aromatic heterocycles. The highest BCUT2D eigenvalue weighted by molar-refractivity contribution is 8.00. The van der Waals surface area contributed by atoms with Crippen LogP contribution in [0.1, 0.15) is 21.5 Å². The van der Waals surface area contributed by atoms with E-state index in [1.54, 1.807) is 0 Å². The largest absolute Gasteiger partial charge is 0.506 e. The van der Waals surface area contributed by atoms with Gasteiger partial charge in [0.1, 0.15) is 5.75 Å². The molecule has 0 saturated heterocycles. The summed E-state index contributed by atoms with van der Waals surface area (Å²) < 4.78 is 1.15. The zero-order valence-electron chi connectivity index (χ0n) is 12.3. The lowest BCUT2D eigenvalue weighted by Crippen LogP contribution is -2.13. The average Bonchev–Trinajstić information content (AvgIpc) is 2.85. The molecule has 0 unspecified atom stereocenters. The SMILES string of the molecule is Cc1ccccc1CSc1sc2c(O)cc(=O)[nH]c2c1C(N)=O. The lowest BCUT2D eigenvalue weighted by atomic mass is 10.1. The monoisotopic (exact) mass is 346 g/mol. The number of fused-ring (bicyclic) bond motifs is 1. The second-order valence-corrected chi connectivity index (χ2v) is 7.33. The number of H-pyrrole nitrogens is 1. The summed E-state index contributed by atoms with van der Waals surface area (Å²) in [5.74, 6) is -0.0890. The van der Waals surface area contributed by atoms with E-state index in [0.29, 0.717) is 20.2 Å². The molecule has 0 spiro atoms. The van der Waals surface area contributed by atoms with Gasteiger partial charge in [0.05, 0.1) is 20.0 Å².